The van der Waals surface area contributed by atoms with Crippen molar-refractivity contribution in [3.05, 3.63) is 6.42 Å². The predicted octanol–water partition coefficient (Wildman–Crippen LogP) is 0.810. The second kappa shape index (κ2) is 3.44. The molecule has 1 unspecified atom stereocenters. The van der Waals surface area contributed by atoms with Crippen LogP contribution >= 0.6 is 11.6 Å². The highest BCUT2D eigenvalue weighted by Crippen LogP contribution is 1.88. The van der Waals surface area contributed by atoms with Crippen LogP contribution in [-0.4, -0.2) is 17.1 Å². The number of rotatable bonds is 2. The minimum atomic E-state index is -0.424. The van der Waals surface area contributed by atoms with Gasteiger partial charge in [0, 0.05) is 5.88 Å². The third-order valence-electron chi connectivity index (χ3n) is 0.543. The summed E-state index contributed by atoms with van der Waals surface area (Å²) in [6.07, 6.45) is 1.22. The number of alkyl halides is 1. The van der Waals surface area contributed by atoms with Gasteiger partial charge in [0.1, 0.15) is 0 Å². The van der Waals surface area contributed by atoms with Gasteiger partial charge < -0.3 is 5.11 Å². The molecule has 0 saturated heterocycles. The smallest absolute Gasteiger partial charge is 0.0704 e. The van der Waals surface area contributed by atoms with Crippen molar-refractivity contribution in [3.63, 3.8) is 0 Å². The Hall–Kier alpha value is 0.250. The van der Waals surface area contributed by atoms with Crippen LogP contribution in [0.4, 0.5) is 0 Å². The Balaban J connectivity index is 2.75. The van der Waals surface area contributed by atoms with Crippen molar-refractivity contribution in [1.82, 2.24) is 0 Å². The first-order valence-corrected chi connectivity index (χ1v) is 2.38. The molecule has 0 amide bonds. The quantitative estimate of drug-likeness (QED) is 0.518. The van der Waals surface area contributed by atoms with E-state index in [1.54, 1.807) is 13.3 Å². The van der Waals surface area contributed by atoms with Gasteiger partial charge in [-0.25, -0.2) is 0 Å². The zero-order chi connectivity index (χ0) is 4.99. The molecule has 0 aromatic rings. The molecule has 0 heterocycles. The molecule has 37 valence electrons. The van der Waals surface area contributed by atoms with Crippen LogP contribution in [0.25, 0.3) is 0 Å². The van der Waals surface area contributed by atoms with E-state index in [2.05, 4.69) is 0 Å². The molecule has 0 aliphatic heterocycles. The fourth-order valence-electron chi connectivity index (χ4n) is 0.0891. The van der Waals surface area contributed by atoms with E-state index >= 15 is 0 Å². The molecule has 0 aliphatic carbocycles. The third kappa shape index (κ3) is 2.49. The van der Waals surface area contributed by atoms with Crippen molar-refractivity contribution in [3.8, 4) is 0 Å². The minimum Gasteiger partial charge on any atom is -0.392 e. The normalized spacial score (nSPS) is 14.5. The monoisotopic (exact) mass is 107 g/mol. The number of hydrogen-bond donors (Lipinski definition) is 1. The van der Waals surface area contributed by atoms with Crippen LogP contribution in [0.5, 0.6) is 0 Å². The molecule has 6 heavy (non-hydrogen) atoms. The molecule has 0 rings (SSSR count). The number of hydrogen-bond acceptors (Lipinski definition) is 1. The van der Waals surface area contributed by atoms with Crippen molar-refractivity contribution < 1.29 is 5.11 Å². The van der Waals surface area contributed by atoms with Crippen molar-refractivity contribution in [2.45, 2.75) is 13.0 Å². The molecule has 0 bridgehead atoms. The molecule has 0 saturated carbocycles. The largest absolute Gasteiger partial charge is 0.392 e. The molecule has 0 fully saturated rings. The predicted molar refractivity (Wildman–Crippen MR) is 26.7 cm³/mol. The molecule has 1 atom stereocenters. The van der Waals surface area contributed by atoms with Gasteiger partial charge in [0.15, 0.2) is 0 Å². The molecule has 0 aromatic heterocycles. The van der Waals surface area contributed by atoms with Crippen molar-refractivity contribution in [1.29, 1.82) is 0 Å². The molecule has 0 aromatic carbocycles. The summed E-state index contributed by atoms with van der Waals surface area (Å²) in [4.78, 5) is 0. The van der Waals surface area contributed by atoms with E-state index in [4.69, 9.17) is 16.7 Å². The van der Waals surface area contributed by atoms with Crippen molar-refractivity contribution in [2.24, 2.45) is 0 Å². The first kappa shape index (κ1) is 6.25. The highest BCUT2D eigenvalue weighted by molar-refractivity contribution is 6.18. The van der Waals surface area contributed by atoms with E-state index in [1.165, 1.54) is 0 Å². The number of aliphatic hydroxyl groups is 1. The lowest BCUT2D eigenvalue weighted by molar-refractivity contribution is 0.231. The molecule has 1 radical (unpaired) electrons. The van der Waals surface area contributed by atoms with Gasteiger partial charge in [-0.3, -0.25) is 0 Å². The van der Waals surface area contributed by atoms with E-state index in [0.717, 1.165) is 0 Å². The summed E-state index contributed by atoms with van der Waals surface area (Å²) < 4.78 is 0. The van der Waals surface area contributed by atoms with Gasteiger partial charge in [0.05, 0.1) is 6.10 Å². The Labute approximate surface area is 42.9 Å². The van der Waals surface area contributed by atoms with Gasteiger partial charge in [-0.2, -0.15) is 0 Å². The topological polar surface area (TPSA) is 20.2 Å². The number of halogens is 1. The van der Waals surface area contributed by atoms with E-state index in [0.29, 0.717) is 5.88 Å². The van der Waals surface area contributed by atoms with Gasteiger partial charge in [0.25, 0.3) is 0 Å². The fourth-order valence-corrected chi connectivity index (χ4v) is 0.267. The van der Waals surface area contributed by atoms with E-state index < -0.39 is 6.10 Å². The van der Waals surface area contributed by atoms with Crippen LogP contribution in [0.15, 0.2) is 0 Å². The van der Waals surface area contributed by atoms with Gasteiger partial charge in [-0.15, -0.1) is 11.6 Å². The average Bonchev–Trinajstić information content (AvgIpc) is 1.65. The lowest BCUT2D eigenvalue weighted by Gasteiger charge is -1.96. The van der Waals surface area contributed by atoms with Crippen LogP contribution in [-0.2, 0) is 0 Å². The maximum Gasteiger partial charge on any atom is 0.0704 e. The van der Waals surface area contributed by atoms with Crippen LogP contribution in [0.3, 0.4) is 0 Å². The van der Waals surface area contributed by atoms with E-state index in [9.17, 15) is 0 Å². The number of aliphatic hydroxyl groups excluding tert-OH is 1. The van der Waals surface area contributed by atoms with E-state index in [1.807, 2.05) is 0 Å². The Kier molecular flexibility index (Phi) is 3.58. The Morgan fingerprint density at radius 1 is 2.00 bits per heavy atom. The van der Waals surface area contributed by atoms with Crippen LogP contribution in [0.2, 0.25) is 0 Å². The van der Waals surface area contributed by atoms with Crippen molar-refractivity contribution >= 4 is 11.6 Å². The first-order chi connectivity index (χ1) is 2.81. The second-order valence-electron chi connectivity index (χ2n) is 1.05. The SMILES string of the molecule is C[CH]C(O)CCl. The summed E-state index contributed by atoms with van der Waals surface area (Å²) in [7, 11) is 0. The van der Waals surface area contributed by atoms with E-state index in [-0.39, 0.29) is 0 Å². The Bertz CT molecular complexity index is 26.7. The highest BCUT2D eigenvalue weighted by atomic mass is 35.5. The van der Waals surface area contributed by atoms with Crippen LogP contribution < -0.4 is 0 Å². The van der Waals surface area contributed by atoms with Crippen LogP contribution in [0, 0.1) is 6.42 Å². The van der Waals surface area contributed by atoms with Crippen LogP contribution in [0.1, 0.15) is 6.92 Å². The minimum absolute atomic E-state index is 0.302. The lowest BCUT2D eigenvalue weighted by atomic mass is 10.3. The highest BCUT2D eigenvalue weighted by Gasteiger charge is 1.93. The van der Waals surface area contributed by atoms with Gasteiger partial charge in [0.2, 0.25) is 0 Å². The molecular weight excluding hydrogens is 99.5 g/mol. The molecule has 1 nitrogen and oxygen atoms in total. The third-order valence-corrected chi connectivity index (χ3v) is 0.859. The van der Waals surface area contributed by atoms with Gasteiger partial charge >= 0.3 is 0 Å². The lowest BCUT2D eigenvalue weighted by Crippen LogP contribution is -2.05. The maximum absolute atomic E-state index is 8.48. The van der Waals surface area contributed by atoms with Crippen molar-refractivity contribution in [2.75, 3.05) is 5.88 Å². The molecule has 0 aliphatic rings. The summed E-state index contributed by atoms with van der Waals surface area (Å²) in [6.45, 7) is 1.77. The zero-order valence-electron chi connectivity index (χ0n) is 3.69. The molecular formula is C4H8ClO. The van der Waals surface area contributed by atoms with Gasteiger partial charge in [-0.05, 0) is 6.42 Å². The average molecular weight is 108 g/mol. The maximum atomic E-state index is 8.48. The summed E-state index contributed by atoms with van der Waals surface area (Å²) >= 11 is 5.17. The Morgan fingerprint density at radius 2 is 2.50 bits per heavy atom. The summed E-state index contributed by atoms with van der Waals surface area (Å²) in [5, 5.41) is 8.48. The van der Waals surface area contributed by atoms with Gasteiger partial charge in [-0.1, -0.05) is 6.92 Å². The molecule has 1 N–H and O–H groups in total. The summed E-state index contributed by atoms with van der Waals surface area (Å²) in [6, 6.07) is 0. The fraction of sp³-hybridized carbons (Fsp3) is 0.750. The summed E-state index contributed by atoms with van der Waals surface area (Å²) in [5.74, 6) is 0.302. The second-order valence-corrected chi connectivity index (χ2v) is 1.36. The molecule has 0 spiro atoms. The standard InChI is InChI=1S/C4H8ClO/c1-2-4(6)3-5/h2,4,6H,3H2,1H3. The Morgan fingerprint density at radius 3 is 2.50 bits per heavy atom. The first-order valence-electron chi connectivity index (χ1n) is 1.84. The molecule has 2 heteroatoms. The zero-order valence-corrected chi connectivity index (χ0v) is 4.44. The summed E-state index contributed by atoms with van der Waals surface area (Å²) in [5.41, 5.74) is 0.